The molecule has 2 unspecified atom stereocenters. The Balaban J connectivity index is 2.60. The summed E-state index contributed by atoms with van der Waals surface area (Å²) >= 11 is 0. The van der Waals surface area contributed by atoms with E-state index in [1.165, 1.54) is 20.3 Å². The number of likely N-dealkylation sites (N-methyl/N-ethyl adjacent to an activating group) is 1. The molecule has 2 amide bonds. The Bertz CT molecular complexity index is 1230. The number of Topliss-reactive ketones (excluding diaryl/α,β-unsaturated/α-hetero) is 1. The van der Waals surface area contributed by atoms with Gasteiger partial charge in [-0.25, -0.2) is 4.79 Å². The topological polar surface area (TPSA) is 170 Å². The Labute approximate surface area is 260 Å². The molecule has 0 aromatic carbocycles. The summed E-state index contributed by atoms with van der Waals surface area (Å²) < 4.78 is 16.6. The van der Waals surface area contributed by atoms with Crippen molar-refractivity contribution < 1.29 is 38.5 Å². The fourth-order valence-electron chi connectivity index (χ4n) is 5.18. The zero-order chi connectivity index (χ0) is 33.1. The highest BCUT2D eigenvalue weighted by Gasteiger charge is 2.33. The van der Waals surface area contributed by atoms with Crippen LogP contribution in [-0.2, 0) is 28.6 Å². The van der Waals surface area contributed by atoms with Crippen molar-refractivity contribution in [2.45, 2.75) is 65.0 Å². The van der Waals surface area contributed by atoms with Crippen molar-refractivity contribution in [1.29, 1.82) is 0 Å². The minimum absolute atomic E-state index is 0.114. The lowest BCUT2D eigenvalue weighted by atomic mass is 9.85. The molecule has 0 aromatic rings. The average Bonchev–Trinajstić information content (AvgIpc) is 2.95. The Hall–Kier alpha value is -3.58. The molecular weight excluding hydrogens is 568 g/mol. The number of methoxy groups -OCH3 is 2. The summed E-state index contributed by atoms with van der Waals surface area (Å²) in [5.41, 5.74) is 6.55. The van der Waals surface area contributed by atoms with Crippen LogP contribution in [0, 0.1) is 11.8 Å². The molecule has 2 aliphatic rings. The van der Waals surface area contributed by atoms with E-state index in [0.29, 0.717) is 25.1 Å². The van der Waals surface area contributed by atoms with Crippen LogP contribution in [0.5, 0.6) is 0 Å². The monoisotopic (exact) mass is 616 g/mol. The first-order valence-electron chi connectivity index (χ1n) is 14.7. The lowest BCUT2D eigenvalue weighted by Gasteiger charge is -2.30. The molecule has 0 spiro atoms. The van der Waals surface area contributed by atoms with Crippen molar-refractivity contribution >= 4 is 23.6 Å². The molecule has 0 fully saturated rings. The van der Waals surface area contributed by atoms with Crippen LogP contribution in [0.2, 0.25) is 0 Å². The molecule has 0 saturated carbocycles. The lowest BCUT2D eigenvalue weighted by Crippen LogP contribution is -2.38. The number of aliphatic hydroxyl groups is 1. The summed E-state index contributed by atoms with van der Waals surface area (Å²) in [5, 5.41) is 17.0. The molecule has 2 bridgehead atoms. The van der Waals surface area contributed by atoms with Gasteiger partial charge in [-0.3, -0.25) is 14.4 Å². The summed E-state index contributed by atoms with van der Waals surface area (Å²) in [4.78, 5) is 53.7. The van der Waals surface area contributed by atoms with E-state index in [9.17, 15) is 24.3 Å². The number of fused-ring (bicyclic) bond motifs is 2. The Morgan fingerprint density at radius 2 is 1.84 bits per heavy atom. The van der Waals surface area contributed by atoms with Crippen molar-refractivity contribution in [3.63, 3.8) is 0 Å². The maximum Gasteiger partial charge on any atom is 0.405 e. The molecule has 0 radical (unpaired) electrons. The molecule has 1 aliphatic carbocycles. The van der Waals surface area contributed by atoms with Gasteiger partial charge in [-0.05, 0) is 52.3 Å². The van der Waals surface area contributed by atoms with Crippen LogP contribution >= 0.6 is 0 Å². The number of primary amides is 1. The number of hydrogen-bond donors (Lipinski definition) is 4. The second kappa shape index (κ2) is 17.0. The molecule has 2 rings (SSSR count). The molecule has 5 N–H and O–H groups in total. The SMILES string of the molecule is CO[C@H]1/C=C\C=C(/C)C(=O)NC2=CC(=O)C(NCCN(C)C)=C(CC(C)C[C@H](OC)[C@H](O)C(C)/C=C(\C)[C@@H]1OC(N)=O)C2=O. The van der Waals surface area contributed by atoms with Crippen molar-refractivity contribution in [2.75, 3.05) is 41.4 Å². The third-order valence-electron chi connectivity index (χ3n) is 7.65. The minimum atomic E-state index is -0.997. The first-order valence-corrected chi connectivity index (χ1v) is 14.7. The maximum atomic E-state index is 13.7. The standard InChI is InChI=1S/C32H48N4O8/c1-18-14-22-27(34-12-13-36(5)6)24(37)17-23(29(22)39)35-31(40)19(2)10-9-11-25(42-7)30(44-32(33)41)21(4)16-20(3)28(38)26(15-18)43-8/h9-11,16-18,20,25-26,28,30,34,38H,12-15H2,1-8H3,(H2,33,41)(H,35,40)/b11-9-,19-10+,21-16+/t18?,20?,25-,26-,28+,30-/m0/s1. The van der Waals surface area contributed by atoms with E-state index < -0.39 is 53.9 Å². The van der Waals surface area contributed by atoms with Gasteiger partial charge in [0, 0.05) is 50.4 Å². The van der Waals surface area contributed by atoms with Gasteiger partial charge >= 0.3 is 6.09 Å². The molecular formula is C32H48N4O8. The second-order valence-corrected chi connectivity index (χ2v) is 11.7. The summed E-state index contributed by atoms with van der Waals surface area (Å²) in [5.74, 6) is -2.06. The van der Waals surface area contributed by atoms with Crippen molar-refractivity contribution in [3.8, 4) is 0 Å². The number of carbonyl (C=O) groups is 4. The van der Waals surface area contributed by atoms with Gasteiger partial charge in [-0.15, -0.1) is 0 Å². The molecule has 0 aromatic heterocycles. The van der Waals surface area contributed by atoms with Gasteiger partial charge in [0.2, 0.25) is 11.6 Å². The molecule has 244 valence electrons. The molecule has 0 saturated heterocycles. The fourth-order valence-corrected chi connectivity index (χ4v) is 5.18. The Morgan fingerprint density at radius 3 is 2.43 bits per heavy atom. The summed E-state index contributed by atoms with van der Waals surface area (Å²) in [6.07, 6.45) is 3.88. The highest BCUT2D eigenvalue weighted by Crippen LogP contribution is 2.28. The summed E-state index contributed by atoms with van der Waals surface area (Å²) in [6.45, 7) is 8.09. The van der Waals surface area contributed by atoms with Crippen LogP contribution in [0.25, 0.3) is 0 Å². The normalized spacial score (nSPS) is 31.0. The Morgan fingerprint density at radius 1 is 1.16 bits per heavy atom. The minimum Gasteiger partial charge on any atom is -0.439 e. The second-order valence-electron chi connectivity index (χ2n) is 11.7. The van der Waals surface area contributed by atoms with E-state index in [-0.39, 0.29) is 34.9 Å². The fraction of sp³-hybridized carbons (Fsp3) is 0.562. The number of ether oxygens (including phenoxy) is 3. The third kappa shape index (κ3) is 10.3. The smallest absolute Gasteiger partial charge is 0.405 e. The molecule has 12 nitrogen and oxygen atoms in total. The van der Waals surface area contributed by atoms with Crippen LogP contribution in [0.4, 0.5) is 4.79 Å². The number of aliphatic hydroxyl groups excluding tert-OH is 1. The van der Waals surface area contributed by atoms with E-state index in [1.807, 2.05) is 32.8 Å². The quantitative estimate of drug-likeness (QED) is 0.245. The zero-order valence-corrected chi connectivity index (χ0v) is 27.0. The van der Waals surface area contributed by atoms with Crippen LogP contribution in [0.15, 0.2) is 58.5 Å². The summed E-state index contributed by atoms with van der Waals surface area (Å²) in [6, 6.07) is 0. The van der Waals surface area contributed by atoms with E-state index >= 15 is 0 Å². The number of ketones is 2. The average molecular weight is 617 g/mol. The van der Waals surface area contributed by atoms with E-state index in [4.69, 9.17) is 19.9 Å². The number of carbonyl (C=O) groups excluding carboxylic acids is 4. The first kappa shape index (κ1) is 36.6. The van der Waals surface area contributed by atoms with Gasteiger partial charge in [0.1, 0.15) is 6.10 Å². The van der Waals surface area contributed by atoms with Gasteiger partial charge < -0.3 is 40.6 Å². The number of amides is 2. The highest BCUT2D eigenvalue weighted by atomic mass is 16.6. The number of rotatable bonds is 7. The first-order chi connectivity index (χ1) is 20.7. The number of nitrogens with one attached hydrogen (secondary N) is 2. The molecule has 44 heavy (non-hydrogen) atoms. The summed E-state index contributed by atoms with van der Waals surface area (Å²) in [7, 11) is 6.74. The van der Waals surface area contributed by atoms with Crippen molar-refractivity contribution in [3.05, 3.63) is 58.5 Å². The van der Waals surface area contributed by atoms with Crippen LogP contribution in [0.3, 0.4) is 0 Å². The van der Waals surface area contributed by atoms with E-state index in [2.05, 4.69) is 10.6 Å². The predicted molar refractivity (Wildman–Crippen MR) is 166 cm³/mol. The van der Waals surface area contributed by atoms with Gasteiger partial charge in [-0.1, -0.05) is 38.2 Å². The van der Waals surface area contributed by atoms with Crippen molar-refractivity contribution in [1.82, 2.24) is 15.5 Å². The van der Waals surface area contributed by atoms with Gasteiger partial charge in [0.25, 0.3) is 5.91 Å². The molecule has 12 heteroatoms. The van der Waals surface area contributed by atoms with Gasteiger partial charge in [0.15, 0.2) is 6.10 Å². The largest absolute Gasteiger partial charge is 0.439 e. The van der Waals surface area contributed by atoms with Crippen LogP contribution in [-0.4, -0.2) is 99.4 Å². The third-order valence-corrected chi connectivity index (χ3v) is 7.65. The van der Waals surface area contributed by atoms with E-state index in [0.717, 1.165) is 6.08 Å². The maximum absolute atomic E-state index is 13.7. The molecule has 1 heterocycles. The highest BCUT2D eigenvalue weighted by molar-refractivity contribution is 6.23. The van der Waals surface area contributed by atoms with E-state index in [1.54, 1.807) is 32.1 Å². The predicted octanol–water partition coefficient (Wildman–Crippen LogP) is 1.91. The zero-order valence-electron chi connectivity index (χ0n) is 27.0. The lowest BCUT2D eigenvalue weighted by molar-refractivity contribution is -0.120. The molecule has 6 atom stereocenters. The Kier molecular flexibility index (Phi) is 14.2. The van der Waals surface area contributed by atoms with Crippen molar-refractivity contribution in [2.24, 2.45) is 17.6 Å². The van der Waals surface area contributed by atoms with Gasteiger partial charge in [-0.2, -0.15) is 0 Å². The van der Waals surface area contributed by atoms with Crippen LogP contribution < -0.4 is 16.4 Å². The number of allylic oxidation sites excluding steroid dienone is 4. The number of nitrogens with zero attached hydrogens (tertiary/aromatic N) is 1. The van der Waals surface area contributed by atoms with Gasteiger partial charge in [0.05, 0.1) is 23.6 Å². The number of hydrogen-bond acceptors (Lipinski definition) is 10. The number of nitrogens with two attached hydrogens (primary N) is 1. The van der Waals surface area contributed by atoms with Crippen LogP contribution in [0.1, 0.15) is 40.5 Å². The molecule has 1 aliphatic heterocycles.